The Kier molecular flexibility index (Phi) is 5.67. The zero-order valence-corrected chi connectivity index (χ0v) is 12.0. The summed E-state index contributed by atoms with van der Waals surface area (Å²) in [6.07, 6.45) is 2.22. The molecular weight excluding hydrogens is 238 g/mol. The van der Waals surface area contributed by atoms with Crippen molar-refractivity contribution in [3.8, 4) is 5.75 Å². The Labute approximate surface area is 116 Å². The molecule has 2 unspecified atom stereocenters. The number of hydrogen-bond donors (Lipinski definition) is 1. The molecule has 1 aromatic rings. The summed E-state index contributed by atoms with van der Waals surface area (Å²) in [5, 5.41) is 3.53. The predicted octanol–water partition coefficient (Wildman–Crippen LogP) is 2.96. The fourth-order valence-corrected chi connectivity index (χ4v) is 2.76. The summed E-state index contributed by atoms with van der Waals surface area (Å²) in [7, 11) is 0. The number of likely N-dealkylation sites (N-methyl/N-ethyl adjacent to an activating group) is 1. The van der Waals surface area contributed by atoms with E-state index in [1.807, 2.05) is 13.0 Å². The number of para-hydroxylation sites is 1. The molecule has 0 spiro atoms. The monoisotopic (exact) mass is 263 g/mol. The van der Waals surface area contributed by atoms with Crippen LogP contribution in [0.4, 0.5) is 0 Å². The van der Waals surface area contributed by atoms with Gasteiger partial charge in [0.15, 0.2) is 0 Å². The molecule has 0 saturated heterocycles. The SMILES string of the molecule is CCNC(COCC)CC1CCOc2ccccc21. The van der Waals surface area contributed by atoms with Gasteiger partial charge >= 0.3 is 0 Å². The molecule has 0 radical (unpaired) electrons. The summed E-state index contributed by atoms with van der Waals surface area (Å²) in [5.41, 5.74) is 1.35. The van der Waals surface area contributed by atoms with Crippen molar-refractivity contribution in [1.29, 1.82) is 0 Å². The highest BCUT2D eigenvalue weighted by molar-refractivity contribution is 5.37. The minimum Gasteiger partial charge on any atom is -0.493 e. The zero-order chi connectivity index (χ0) is 13.5. The van der Waals surface area contributed by atoms with Gasteiger partial charge in [-0.25, -0.2) is 0 Å². The van der Waals surface area contributed by atoms with Crippen LogP contribution in [0.25, 0.3) is 0 Å². The molecule has 3 nitrogen and oxygen atoms in total. The second kappa shape index (κ2) is 7.51. The van der Waals surface area contributed by atoms with Crippen molar-refractivity contribution in [1.82, 2.24) is 5.32 Å². The summed E-state index contributed by atoms with van der Waals surface area (Å²) in [6, 6.07) is 8.85. The molecule has 0 amide bonds. The van der Waals surface area contributed by atoms with Crippen LogP contribution in [0.3, 0.4) is 0 Å². The Morgan fingerprint density at radius 2 is 2.21 bits per heavy atom. The number of hydrogen-bond acceptors (Lipinski definition) is 3. The van der Waals surface area contributed by atoms with Crippen LogP contribution in [0.5, 0.6) is 5.75 Å². The molecule has 2 atom stereocenters. The zero-order valence-electron chi connectivity index (χ0n) is 12.0. The van der Waals surface area contributed by atoms with Gasteiger partial charge in [0.25, 0.3) is 0 Å². The number of benzene rings is 1. The number of rotatable bonds is 7. The maximum Gasteiger partial charge on any atom is 0.122 e. The molecule has 3 heteroatoms. The highest BCUT2D eigenvalue weighted by atomic mass is 16.5. The van der Waals surface area contributed by atoms with Crippen molar-refractivity contribution in [3.05, 3.63) is 29.8 Å². The lowest BCUT2D eigenvalue weighted by Gasteiger charge is -2.29. The summed E-state index contributed by atoms with van der Waals surface area (Å²) in [6.45, 7) is 7.59. The summed E-state index contributed by atoms with van der Waals surface area (Å²) in [5.74, 6) is 1.64. The van der Waals surface area contributed by atoms with Gasteiger partial charge in [0.2, 0.25) is 0 Å². The topological polar surface area (TPSA) is 30.5 Å². The third kappa shape index (κ3) is 3.95. The number of nitrogens with one attached hydrogen (secondary N) is 1. The highest BCUT2D eigenvalue weighted by Gasteiger charge is 2.24. The van der Waals surface area contributed by atoms with Crippen LogP contribution in [0.1, 0.15) is 38.2 Å². The molecule has 1 aliphatic rings. The second-order valence-electron chi connectivity index (χ2n) is 5.02. The van der Waals surface area contributed by atoms with Crippen LogP contribution in [0, 0.1) is 0 Å². The van der Waals surface area contributed by atoms with Crippen LogP contribution in [-0.2, 0) is 4.74 Å². The van der Waals surface area contributed by atoms with Gasteiger partial charge < -0.3 is 14.8 Å². The van der Waals surface area contributed by atoms with Crippen LogP contribution >= 0.6 is 0 Å². The normalized spacial score (nSPS) is 19.6. The minimum atomic E-state index is 0.432. The van der Waals surface area contributed by atoms with Gasteiger partial charge in [-0.3, -0.25) is 0 Å². The molecule has 0 saturated carbocycles. The van der Waals surface area contributed by atoms with Crippen molar-refractivity contribution in [2.75, 3.05) is 26.4 Å². The molecule has 19 heavy (non-hydrogen) atoms. The average Bonchev–Trinajstić information content (AvgIpc) is 2.45. The first-order valence-corrected chi connectivity index (χ1v) is 7.38. The Morgan fingerprint density at radius 1 is 1.37 bits per heavy atom. The molecule has 1 N–H and O–H groups in total. The highest BCUT2D eigenvalue weighted by Crippen LogP contribution is 2.36. The molecular formula is C16H25NO2. The van der Waals surface area contributed by atoms with Crippen molar-refractivity contribution in [3.63, 3.8) is 0 Å². The van der Waals surface area contributed by atoms with E-state index in [9.17, 15) is 0 Å². The molecule has 1 aromatic carbocycles. The Morgan fingerprint density at radius 3 is 3.00 bits per heavy atom. The van der Waals surface area contributed by atoms with Gasteiger partial charge in [0, 0.05) is 12.6 Å². The smallest absolute Gasteiger partial charge is 0.122 e. The van der Waals surface area contributed by atoms with Crippen LogP contribution in [0.2, 0.25) is 0 Å². The summed E-state index contributed by atoms with van der Waals surface area (Å²) < 4.78 is 11.3. The average molecular weight is 263 g/mol. The fourth-order valence-electron chi connectivity index (χ4n) is 2.76. The maximum absolute atomic E-state index is 5.72. The van der Waals surface area contributed by atoms with E-state index >= 15 is 0 Å². The molecule has 1 heterocycles. The van der Waals surface area contributed by atoms with Gasteiger partial charge in [0.05, 0.1) is 13.2 Å². The van der Waals surface area contributed by atoms with Gasteiger partial charge in [-0.05, 0) is 43.9 Å². The largest absolute Gasteiger partial charge is 0.493 e. The van der Waals surface area contributed by atoms with Gasteiger partial charge in [-0.15, -0.1) is 0 Å². The van der Waals surface area contributed by atoms with E-state index in [-0.39, 0.29) is 0 Å². The Bertz CT molecular complexity index is 381. The molecule has 0 aromatic heterocycles. The molecule has 0 aliphatic carbocycles. The molecule has 0 bridgehead atoms. The summed E-state index contributed by atoms with van der Waals surface area (Å²) in [4.78, 5) is 0. The van der Waals surface area contributed by atoms with Crippen molar-refractivity contribution in [2.24, 2.45) is 0 Å². The van der Waals surface area contributed by atoms with Crippen molar-refractivity contribution in [2.45, 2.75) is 38.6 Å². The fraction of sp³-hybridized carbons (Fsp3) is 0.625. The molecule has 2 rings (SSSR count). The second-order valence-corrected chi connectivity index (χ2v) is 5.02. The van der Waals surface area contributed by atoms with E-state index in [0.29, 0.717) is 12.0 Å². The minimum absolute atomic E-state index is 0.432. The summed E-state index contributed by atoms with van der Waals surface area (Å²) >= 11 is 0. The van der Waals surface area contributed by atoms with Crippen molar-refractivity contribution < 1.29 is 9.47 Å². The van der Waals surface area contributed by atoms with E-state index in [0.717, 1.165) is 45.0 Å². The van der Waals surface area contributed by atoms with Crippen LogP contribution in [-0.4, -0.2) is 32.4 Å². The van der Waals surface area contributed by atoms with Gasteiger partial charge in [-0.1, -0.05) is 25.1 Å². The van der Waals surface area contributed by atoms with Crippen molar-refractivity contribution >= 4 is 0 Å². The third-order valence-corrected chi connectivity index (χ3v) is 3.67. The standard InChI is InChI=1S/C16H25NO2/c1-3-17-14(12-18-4-2)11-13-9-10-19-16-8-6-5-7-15(13)16/h5-8,13-14,17H,3-4,9-12H2,1-2H3. The van der Waals surface area contributed by atoms with Gasteiger partial charge in [0.1, 0.15) is 5.75 Å². The van der Waals surface area contributed by atoms with Gasteiger partial charge in [-0.2, -0.15) is 0 Å². The van der Waals surface area contributed by atoms with E-state index in [4.69, 9.17) is 9.47 Å². The maximum atomic E-state index is 5.72. The quantitative estimate of drug-likeness (QED) is 0.820. The van der Waals surface area contributed by atoms with E-state index in [1.54, 1.807) is 0 Å². The lowest BCUT2D eigenvalue weighted by molar-refractivity contribution is 0.115. The van der Waals surface area contributed by atoms with E-state index in [2.05, 4.69) is 30.4 Å². The third-order valence-electron chi connectivity index (χ3n) is 3.67. The predicted molar refractivity (Wildman–Crippen MR) is 77.9 cm³/mol. The lowest BCUT2D eigenvalue weighted by atomic mass is 9.87. The van der Waals surface area contributed by atoms with E-state index in [1.165, 1.54) is 5.56 Å². The van der Waals surface area contributed by atoms with Crippen LogP contribution < -0.4 is 10.1 Å². The van der Waals surface area contributed by atoms with E-state index < -0.39 is 0 Å². The first-order chi connectivity index (χ1) is 9.35. The Balaban J connectivity index is 2.01. The lowest BCUT2D eigenvalue weighted by Crippen LogP contribution is -2.35. The first-order valence-electron chi connectivity index (χ1n) is 7.38. The van der Waals surface area contributed by atoms with Crippen LogP contribution in [0.15, 0.2) is 24.3 Å². The molecule has 1 aliphatic heterocycles. The molecule has 0 fully saturated rings. The first kappa shape index (κ1) is 14.4. The number of ether oxygens (including phenoxy) is 2. The number of fused-ring (bicyclic) bond motifs is 1. The Hall–Kier alpha value is -1.06. The molecule has 106 valence electrons.